The van der Waals surface area contributed by atoms with Gasteiger partial charge >= 0.3 is 0 Å². The summed E-state index contributed by atoms with van der Waals surface area (Å²) in [7, 11) is 0. The summed E-state index contributed by atoms with van der Waals surface area (Å²) in [6.07, 6.45) is 4.72. The van der Waals surface area contributed by atoms with Crippen molar-refractivity contribution < 1.29 is 9.59 Å². The maximum absolute atomic E-state index is 13.6. The maximum Gasteiger partial charge on any atom is 0.254 e. The number of para-hydroxylation sites is 1. The molecule has 2 amide bonds. The summed E-state index contributed by atoms with van der Waals surface area (Å²) < 4.78 is 0. The summed E-state index contributed by atoms with van der Waals surface area (Å²) in [5, 5.41) is 3.94. The second-order valence-corrected chi connectivity index (χ2v) is 9.00. The first-order valence-electron chi connectivity index (χ1n) is 12.1. The molecule has 33 heavy (non-hydrogen) atoms. The lowest BCUT2D eigenvalue weighted by molar-refractivity contribution is -0.126. The molecule has 0 saturated carbocycles. The van der Waals surface area contributed by atoms with Crippen LogP contribution in [-0.2, 0) is 4.79 Å². The molecule has 1 aliphatic heterocycles. The Bertz CT molecular complexity index is 1120. The second-order valence-electron chi connectivity index (χ2n) is 9.00. The van der Waals surface area contributed by atoms with Gasteiger partial charge in [-0.15, -0.1) is 0 Å². The molecule has 5 heteroatoms. The highest BCUT2D eigenvalue weighted by Crippen LogP contribution is 2.27. The van der Waals surface area contributed by atoms with Gasteiger partial charge in [-0.25, -0.2) is 4.98 Å². The number of aryl methyl sites for hydroxylation is 1. The van der Waals surface area contributed by atoms with Gasteiger partial charge in [0.2, 0.25) is 5.91 Å². The zero-order valence-electron chi connectivity index (χ0n) is 19.6. The first kappa shape index (κ1) is 23.0. The zero-order valence-corrected chi connectivity index (χ0v) is 19.6. The van der Waals surface area contributed by atoms with Crippen molar-refractivity contribution in [2.45, 2.75) is 46.0 Å². The summed E-state index contributed by atoms with van der Waals surface area (Å²) in [6, 6.07) is 18.0. The summed E-state index contributed by atoms with van der Waals surface area (Å²) in [5.74, 6) is 0.144. The van der Waals surface area contributed by atoms with E-state index >= 15 is 0 Å². The van der Waals surface area contributed by atoms with Crippen LogP contribution in [0.15, 0.2) is 54.6 Å². The Morgan fingerprint density at radius 2 is 1.76 bits per heavy atom. The zero-order chi connectivity index (χ0) is 23.2. The number of nitrogens with one attached hydrogen (secondary N) is 1. The number of aromatic nitrogens is 1. The van der Waals surface area contributed by atoms with Crippen LogP contribution < -0.4 is 5.32 Å². The minimum absolute atomic E-state index is 0.00650. The van der Waals surface area contributed by atoms with Crippen LogP contribution in [0.4, 0.5) is 0 Å². The number of benzene rings is 2. The SMILES string of the molecule is CCCCCNC(=O)C1CCN(C(=O)c2cc(-c3ccc(C)cc3)nc3ccccc23)CC1. The van der Waals surface area contributed by atoms with E-state index < -0.39 is 0 Å². The number of hydrogen-bond donors (Lipinski definition) is 1. The highest BCUT2D eigenvalue weighted by molar-refractivity contribution is 6.07. The molecule has 1 saturated heterocycles. The van der Waals surface area contributed by atoms with Crippen LogP contribution in [0.1, 0.15) is 54.9 Å². The number of rotatable bonds is 7. The Hall–Kier alpha value is -3.21. The van der Waals surface area contributed by atoms with Crippen molar-refractivity contribution >= 4 is 22.7 Å². The Morgan fingerprint density at radius 3 is 2.48 bits per heavy atom. The minimum atomic E-state index is -0.00650. The van der Waals surface area contributed by atoms with E-state index in [4.69, 9.17) is 4.98 Å². The number of hydrogen-bond acceptors (Lipinski definition) is 3. The molecule has 1 N–H and O–H groups in total. The lowest BCUT2D eigenvalue weighted by Crippen LogP contribution is -2.43. The molecule has 4 rings (SSSR count). The molecule has 1 aromatic heterocycles. The molecule has 0 bridgehead atoms. The normalized spacial score (nSPS) is 14.4. The topological polar surface area (TPSA) is 62.3 Å². The van der Waals surface area contributed by atoms with Gasteiger partial charge in [0.15, 0.2) is 0 Å². The van der Waals surface area contributed by atoms with E-state index in [1.807, 2.05) is 47.4 Å². The molecule has 1 fully saturated rings. The molecule has 0 atom stereocenters. The average molecular weight is 444 g/mol. The fraction of sp³-hybridized carbons (Fsp3) is 0.393. The molecule has 0 radical (unpaired) electrons. The fourth-order valence-corrected chi connectivity index (χ4v) is 4.47. The molecule has 0 aliphatic carbocycles. The van der Waals surface area contributed by atoms with Gasteiger partial charge in [0.25, 0.3) is 5.91 Å². The number of carbonyl (C=O) groups is 2. The van der Waals surface area contributed by atoms with Gasteiger partial charge in [-0.1, -0.05) is 67.8 Å². The van der Waals surface area contributed by atoms with E-state index in [-0.39, 0.29) is 17.7 Å². The van der Waals surface area contributed by atoms with Crippen molar-refractivity contribution in [3.05, 3.63) is 65.7 Å². The molecular weight excluding hydrogens is 410 g/mol. The van der Waals surface area contributed by atoms with E-state index in [0.717, 1.165) is 48.0 Å². The Balaban J connectivity index is 1.50. The van der Waals surface area contributed by atoms with Crippen LogP contribution >= 0.6 is 0 Å². The van der Waals surface area contributed by atoms with Gasteiger partial charge in [-0.05, 0) is 38.3 Å². The van der Waals surface area contributed by atoms with Crippen molar-refractivity contribution in [2.24, 2.45) is 5.92 Å². The van der Waals surface area contributed by atoms with E-state index in [0.29, 0.717) is 31.5 Å². The van der Waals surface area contributed by atoms with Gasteiger partial charge < -0.3 is 10.2 Å². The molecule has 0 unspecified atom stereocenters. The van der Waals surface area contributed by atoms with Crippen molar-refractivity contribution in [1.29, 1.82) is 0 Å². The molecule has 5 nitrogen and oxygen atoms in total. The van der Waals surface area contributed by atoms with Crippen molar-refractivity contribution in [3.8, 4) is 11.3 Å². The van der Waals surface area contributed by atoms with Crippen LogP contribution in [0.2, 0.25) is 0 Å². The summed E-state index contributed by atoms with van der Waals surface area (Å²) >= 11 is 0. The van der Waals surface area contributed by atoms with Gasteiger partial charge in [-0.3, -0.25) is 9.59 Å². The third-order valence-corrected chi connectivity index (χ3v) is 6.53. The van der Waals surface area contributed by atoms with Crippen molar-refractivity contribution in [2.75, 3.05) is 19.6 Å². The minimum Gasteiger partial charge on any atom is -0.356 e. The van der Waals surface area contributed by atoms with E-state index in [1.165, 1.54) is 5.56 Å². The number of amides is 2. The predicted molar refractivity (Wildman–Crippen MR) is 133 cm³/mol. The number of likely N-dealkylation sites (tertiary alicyclic amines) is 1. The number of unbranched alkanes of at least 4 members (excludes halogenated alkanes) is 2. The first-order valence-corrected chi connectivity index (χ1v) is 12.1. The van der Waals surface area contributed by atoms with Crippen LogP contribution in [0.25, 0.3) is 22.2 Å². The van der Waals surface area contributed by atoms with Crippen LogP contribution in [-0.4, -0.2) is 41.3 Å². The van der Waals surface area contributed by atoms with Gasteiger partial charge in [0.1, 0.15) is 0 Å². The first-order chi connectivity index (χ1) is 16.1. The molecule has 1 aliphatic rings. The lowest BCUT2D eigenvalue weighted by Gasteiger charge is -2.31. The Kier molecular flexibility index (Phi) is 7.38. The van der Waals surface area contributed by atoms with E-state index in [1.54, 1.807) is 0 Å². The quantitative estimate of drug-likeness (QED) is 0.500. The molecule has 172 valence electrons. The van der Waals surface area contributed by atoms with Gasteiger partial charge in [0, 0.05) is 36.5 Å². The van der Waals surface area contributed by atoms with Crippen LogP contribution in [0.5, 0.6) is 0 Å². The highest BCUT2D eigenvalue weighted by atomic mass is 16.2. The van der Waals surface area contributed by atoms with Crippen molar-refractivity contribution in [1.82, 2.24) is 15.2 Å². The number of carbonyl (C=O) groups excluding carboxylic acids is 2. The Labute approximate surface area is 196 Å². The number of fused-ring (bicyclic) bond motifs is 1. The second kappa shape index (κ2) is 10.6. The highest BCUT2D eigenvalue weighted by Gasteiger charge is 2.28. The molecular formula is C28H33N3O2. The number of piperidine rings is 1. The van der Waals surface area contributed by atoms with Gasteiger partial charge in [0.05, 0.1) is 16.8 Å². The van der Waals surface area contributed by atoms with Crippen LogP contribution in [0, 0.1) is 12.8 Å². The maximum atomic E-state index is 13.6. The van der Waals surface area contributed by atoms with Crippen LogP contribution in [0.3, 0.4) is 0 Å². The molecule has 2 aromatic carbocycles. The Morgan fingerprint density at radius 1 is 1.03 bits per heavy atom. The lowest BCUT2D eigenvalue weighted by atomic mass is 9.94. The summed E-state index contributed by atoms with van der Waals surface area (Å²) in [6.45, 7) is 6.16. The number of pyridine rings is 1. The molecule has 3 aromatic rings. The monoisotopic (exact) mass is 443 g/mol. The smallest absolute Gasteiger partial charge is 0.254 e. The summed E-state index contributed by atoms with van der Waals surface area (Å²) in [5.41, 5.74) is 4.49. The van der Waals surface area contributed by atoms with Gasteiger partial charge in [-0.2, -0.15) is 0 Å². The van der Waals surface area contributed by atoms with E-state index in [2.05, 4.69) is 31.3 Å². The van der Waals surface area contributed by atoms with Crippen molar-refractivity contribution in [3.63, 3.8) is 0 Å². The third kappa shape index (κ3) is 5.41. The fourth-order valence-electron chi connectivity index (χ4n) is 4.47. The average Bonchev–Trinajstić information content (AvgIpc) is 2.86. The summed E-state index contributed by atoms with van der Waals surface area (Å²) in [4.78, 5) is 32.8. The predicted octanol–water partition coefficient (Wildman–Crippen LogP) is 5.37. The molecule has 2 heterocycles. The number of nitrogens with zero attached hydrogens (tertiary/aromatic N) is 2. The third-order valence-electron chi connectivity index (χ3n) is 6.53. The standard InChI is InChI=1S/C28H33N3O2/c1-3-4-7-16-29-27(32)22-14-17-31(18-15-22)28(33)24-19-26(21-12-10-20(2)11-13-21)30-25-9-6-5-8-23(24)25/h5-6,8-13,19,22H,3-4,7,14-18H2,1-2H3,(H,29,32). The largest absolute Gasteiger partial charge is 0.356 e. The van der Waals surface area contributed by atoms with E-state index in [9.17, 15) is 9.59 Å². The molecule has 0 spiro atoms.